The normalized spacial score (nSPS) is 27.3. The van der Waals surface area contributed by atoms with Gasteiger partial charge >= 0.3 is 5.69 Å². The molecule has 23 heavy (non-hydrogen) atoms. The summed E-state index contributed by atoms with van der Waals surface area (Å²) in [4.78, 5) is 36.6. The highest BCUT2D eigenvalue weighted by Crippen LogP contribution is 2.39. The molecule has 0 saturated carbocycles. The lowest BCUT2D eigenvalue weighted by molar-refractivity contribution is -0.117. The molecular weight excluding hydrogens is 304 g/mol. The highest BCUT2D eigenvalue weighted by atomic mass is 16.5. The molecule has 1 aliphatic heterocycles. The lowest BCUT2D eigenvalue weighted by Crippen LogP contribution is -2.40. The van der Waals surface area contributed by atoms with Gasteiger partial charge < -0.3 is 19.7 Å². The highest BCUT2D eigenvalue weighted by molar-refractivity contribution is 5.75. The van der Waals surface area contributed by atoms with E-state index in [1.54, 1.807) is 6.92 Å². The number of hydrogen-bond donors (Lipinski definition) is 3. The minimum Gasteiger partial charge on any atom is -0.394 e. The molecule has 1 aliphatic rings. The molecule has 0 bridgehead atoms. The summed E-state index contributed by atoms with van der Waals surface area (Å²) in [5, 5.41) is 20.2. The van der Waals surface area contributed by atoms with E-state index < -0.39 is 35.8 Å². The molecule has 3 N–H and O–H groups in total. The van der Waals surface area contributed by atoms with Crippen LogP contribution in [0.1, 0.15) is 44.4 Å². The van der Waals surface area contributed by atoms with Crippen molar-refractivity contribution in [3.05, 3.63) is 32.6 Å². The zero-order chi connectivity index (χ0) is 17.2. The van der Waals surface area contributed by atoms with E-state index in [2.05, 4.69) is 4.98 Å². The van der Waals surface area contributed by atoms with Crippen molar-refractivity contribution in [1.29, 1.82) is 0 Å². The zero-order valence-corrected chi connectivity index (χ0v) is 13.2. The summed E-state index contributed by atoms with van der Waals surface area (Å²) < 4.78 is 6.81. The molecule has 0 radical (unpaired) electrons. The van der Waals surface area contributed by atoms with Gasteiger partial charge in [0.25, 0.3) is 5.56 Å². The van der Waals surface area contributed by atoms with Crippen LogP contribution in [0, 0.1) is 6.92 Å². The van der Waals surface area contributed by atoms with Gasteiger partial charge in [-0.25, -0.2) is 4.79 Å². The molecule has 0 aliphatic carbocycles. The summed E-state index contributed by atoms with van der Waals surface area (Å²) in [6, 6.07) is 0. The average Bonchev–Trinajstić information content (AvgIpc) is 2.79. The quantitative estimate of drug-likeness (QED) is 0.655. The van der Waals surface area contributed by atoms with Gasteiger partial charge in [0.15, 0.2) is 0 Å². The first-order chi connectivity index (χ1) is 10.8. The second-order valence-electron chi connectivity index (χ2n) is 6.10. The van der Waals surface area contributed by atoms with Crippen molar-refractivity contribution < 1.29 is 19.7 Å². The fourth-order valence-corrected chi connectivity index (χ4v) is 2.88. The summed E-state index contributed by atoms with van der Waals surface area (Å²) in [7, 11) is 0. The molecule has 1 fully saturated rings. The smallest absolute Gasteiger partial charge is 0.330 e. The number of ether oxygens (including phenoxy) is 1. The van der Waals surface area contributed by atoms with Crippen LogP contribution in [0.4, 0.5) is 0 Å². The molecule has 0 spiro atoms. The largest absolute Gasteiger partial charge is 0.394 e. The number of aryl methyl sites for hydroxylation is 1. The molecular formula is C15H22N2O6. The molecule has 0 aromatic carbocycles. The number of aromatic nitrogens is 2. The Balaban J connectivity index is 2.21. The maximum atomic E-state index is 11.9. The molecule has 8 heteroatoms. The van der Waals surface area contributed by atoms with Gasteiger partial charge in [-0.2, -0.15) is 0 Å². The van der Waals surface area contributed by atoms with Crippen molar-refractivity contribution in [2.75, 3.05) is 6.61 Å². The van der Waals surface area contributed by atoms with E-state index in [1.807, 2.05) is 0 Å². The third-order valence-corrected chi connectivity index (χ3v) is 4.21. The third kappa shape index (κ3) is 3.77. The standard InChI is InChI=1S/C15H22N2O6/c1-9-7-17(14(21)16-13(9)20)12-6-15(22,11(8-18)23-12)5-3-4-10(2)19/h7,11-12,18,22H,3-6,8H2,1-2H3,(H,16,20,21)/t11-,12-,15+/m1/s1. The maximum absolute atomic E-state index is 11.9. The number of aliphatic hydroxyl groups is 2. The van der Waals surface area contributed by atoms with Crippen LogP contribution in [0.25, 0.3) is 0 Å². The van der Waals surface area contributed by atoms with Crippen LogP contribution < -0.4 is 11.2 Å². The van der Waals surface area contributed by atoms with Crippen LogP contribution in [-0.2, 0) is 9.53 Å². The Kier molecular flexibility index (Phi) is 5.18. The van der Waals surface area contributed by atoms with Gasteiger partial charge in [0, 0.05) is 24.6 Å². The first-order valence-electron chi connectivity index (χ1n) is 7.57. The Hall–Kier alpha value is -1.77. The van der Waals surface area contributed by atoms with Gasteiger partial charge in [0.05, 0.1) is 12.2 Å². The van der Waals surface area contributed by atoms with E-state index in [1.165, 1.54) is 17.7 Å². The molecule has 0 amide bonds. The van der Waals surface area contributed by atoms with E-state index in [0.29, 0.717) is 18.4 Å². The molecule has 128 valence electrons. The molecule has 1 aromatic heterocycles. The minimum absolute atomic E-state index is 0.0251. The van der Waals surface area contributed by atoms with E-state index in [4.69, 9.17) is 4.74 Å². The topological polar surface area (TPSA) is 122 Å². The average molecular weight is 326 g/mol. The maximum Gasteiger partial charge on any atom is 0.330 e. The number of nitrogens with zero attached hydrogens (tertiary/aromatic N) is 1. The van der Waals surface area contributed by atoms with Crippen molar-refractivity contribution in [3.8, 4) is 0 Å². The number of aromatic amines is 1. The van der Waals surface area contributed by atoms with Crippen LogP contribution in [0.2, 0.25) is 0 Å². The van der Waals surface area contributed by atoms with E-state index in [-0.39, 0.29) is 18.6 Å². The number of Topliss-reactive ketones (excluding diaryl/α,β-unsaturated/α-hetero) is 1. The van der Waals surface area contributed by atoms with Crippen LogP contribution in [0.3, 0.4) is 0 Å². The fraction of sp³-hybridized carbons (Fsp3) is 0.667. The van der Waals surface area contributed by atoms with E-state index in [0.717, 1.165) is 0 Å². The summed E-state index contributed by atoms with van der Waals surface area (Å²) in [5.41, 5.74) is -2.08. The minimum atomic E-state index is -1.32. The molecule has 1 saturated heterocycles. The predicted octanol–water partition coefficient (Wildman–Crippen LogP) is -0.385. The molecule has 3 atom stereocenters. The molecule has 8 nitrogen and oxygen atoms in total. The number of hydrogen-bond acceptors (Lipinski definition) is 6. The number of carbonyl (C=O) groups is 1. The molecule has 2 rings (SSSR count). The number of carbonyl (C=O) groups excluding carboxylic acids is 1. The van der Waals surface area contributed by atoms with E-state index in [9.17, 15) is 24.6 Å². The Morgan fingerprint density at radius 1 is 1.52 bits per heavy atom. The Morgan fingerprint density at radius 3 is 2.83 bits per heavy atom. The van der Waals surface area contributed by atoms with Crippen molar-refractivity contribution in [1.82, 2.24) is 9.55 Å². The number of nitrogens with one attached hydrogen (secondary N) is 1. The first kappa shape index (κ1) is 17.6. The lowest BCUT2D eigenvalue weighted by atomic mass is 9.89. The highest BCUT2D eigenvalue weighted by Gasteiger charge is 2.47. The van der Waals surface area contributed by atoms with Gasteiger partial charge in [-0.05, 0) is 26.7 Å². The summed E-state index contributed by atoms with van der Waals surface area (Å²) in [6.07, 6.45) is 0.936. The Morgan fingerprint density at radius 2 is 2.22 bits per heavy atom. The van der Waals surface area contributed by atoms with Crippen LogP contribution in [0.5, 0.6) is 0 Å². The van der Waals surface area contributed by atoms with Gasteiger partial charge in [-0.3, -0.25) is 14.3 Å². The lowest BCUT2D eigenvalue weighted by Gasteiger charge is -2.26. The number of aliphatic hydroxyl groups excluding tert-OH is 1. The third-order valence-electron chi connectivity index (χ3n) is 4.21. The van der Waals surface area contributed by atoms with Gasteiger partial charge in [-0.1, -0.05) is 0 Å². The first-order valence-corrected chi connectivity index (χ1v) is 7.57. The Labute approximate surface area is 132 Å². The van der Waals surface area contributed by atoms with E-state index >= 15 is 0 Å². The van der Waals surface area contributed by atoms with Crippen LogP contribution in [-0.4, -0.2) is 43.9 Å². The second-order valence-corrected chi connectivity index (χ2v) is 6.10. The molecule has 0 unspecified atom stereocenters. The van der Waals surface area contributed by atoms with Crippen LogP contribution in [0.15, 0.2) is 15.8 Å². The van der Waals surface area contributed by atoms with Gasteiger partial charge in [0.1, 0.15) is 18.1 Å². The summed E-state index contributed by atoms with van der Waals surface area (Å²) in [5.74, 6) is 0.0251. The monoisotopic (exact) mass is 326 g/mol. The van der Waals surface area contributed by atoms with Crippen molar-refractivity contribution >= 4 is 5.78 Å². The van der Waals surface area contributed by atoms with Gasteiger partial charge in [0.2, 0.25) is 0 Å². The zero-order valence-electron chi connectivity index (χ0n) is 13.2. The SMILES string of the molecule is CC(=O)CCC[C@]1(O)C[C@H](n2cc(C)c(=O)[nH]c2=O)O[C@@H]1CO. The summed E-state index contributed by atoms with van der Waals surface area (Å²) >= 11 is 0. The second kappa shape index (κ2) is 6.77. The Bertz CT molecular complexity index is 694. The van der Waals surface area contributed by atoms with Crippen LogP contribution >= 0.6 is 0 Å². The number of ketones is 1. The van der Waals surface area contributed by atoms with Crippen molar-refractivity contribution in [3.63, 3.8) is 0 Å². The number of H-pyrrole nitrogens is 1. The summed E-state index contributed by atoms with van der Waals surface area (Å²) in [6.45, 7) is 2.64. The number of rotatable bonds is 6. The van der Waals surface area contributed by atoms with Crippen molar-refractivity contribution in [2.24, 2.45) is 0 Å². The molecule has 2 heterocycles. The molecule has 1 aromatic rings. The fourth-order valence-electron chi connectivity index (χ4n) is 2.88. The predicted molar refractivity (Wildman–Crippen MR) is 81.2 cm³/mol. The van der Waals surface area contributed by atoms with Crippen molar-refractivity contribution in [2.45, 2.75) is 57.5 Å². The van der Waals surface area contributed by atoms with Gasteiger partial charge in [-0.15, -0.1) is 0 Å².